The predicted octanol–water partition coefficient (Wildman–Crippen LogP) is 4.90. The SMILES string of the molecule is COC.Cc1ncc2sc(N3CCN(S(=O)(=O)c4ccc(OC(F)(F)F)cc4)CC3)nc2n1.O=CNCc1ccc(OC(F)(F)F)cc1. The van der Waals surface area contributed by atoms with Crippen LogP contribution in [0.25, 0.3) is 10.3 Å². The number of halogens is 6. The highest BCUT2D eigenvalue weighted by Gasteiger charge is 2.33. The number of amides is 1. The summed E-state index contributed by atoms with van der Waals surface area (Å²) < 4.78 is 112. The molecular formula is C28H30F6N6O6S2. The molecule has 1 aliphatic heterocycles. The Morgan fingerprint density at radius 2 is 1.40 bits per heavy atom. The summed E-state index contributed by atoms with van der Waals surface area (Å²) in [6.07, 6.45) is -7.28. The molecule has 20 heteroatoms. The number of piperazine rings is 1. The lowest BCUT2D eigenvalue weighted by molar-refractivity contribution is -0.275. The maximum atomic E-state index is 12.8. The number of anilines is 1. The number of ether oxygens (including phenoxy) is 3. The average molecular weight is 725 g/mol. The molecule has 262 valence electrons. The molecule has 2 aromatic heterocycles. The van der Waals surface area contributed by atoms with Crippen LogP contribution in [0.2, 0.25) is 0 Å². The van der Waals surface area contributed by atoms with Gasteiger partial charge in [0.1, 0.15) is 17.3 Å². The van der Waals surface area contributed by atoms with Crippen molar-refractivity contribution in [3.63, 3.8) is 0 Å². The quantitative estimate of drug-likeness (QED) is 0.198. The number of carbonyl (C=O) groups excluding carboxylic acids is 1. The minimum atomic E-state index is -4.83. The highest BCUT2D eigenvalue weighted by atomic mass is 32.2. The molecule has 0 spiro atoms. The first kappa shape index (κ1) is 38.2. The molecule has 4 aromatic rings. The molecule has 1 saturated heterocycles. The zero-order valence-electron chi connectivity index (χ0n) is 25.6. The summed E-state index contributed by atoms with van der Waals surface area (Å²) in [5.41, 5.74) is 1.30. The van der Waals surface area contributed by atoms with Crippen LogP contribution in [0.1, 0.15) is 11.4 Å². The molecule has 1 N–H and O–H groups in total. The van der Waals surface area contributed by atoms with Crippen molar-refractivity contribution < 1.29 is 53.8 Å². The second kappa shape index (κ2) is 16.7. The zero-order valence-corrected chi connectivity index (χ0v) is 27.2. The number of carbonyl (C=O) groups is 1. The number of alkyl halides is 6. The first-order valence-corrected chi connectivity index (χ1v) is 15.9. The number of sulfonamides is 1. The summed E-state index contributed by atoms with van der Waals surface area (Å²) in [6.45, 7) is 3.37. The monoisotopic (exact) mass is 724 g/mol. The molecule has 1 fully saturated rings. The van der Waals surface area contributed by atoms with Crippen LogP contribution in [0, 0.1) is 6.92 Å². The molecule has 0 unspecified atom stereocenters. The van der Waals surface area contributed by atoms with Crippen molar-refractivity contribution in [3.05, 3.63) is 66.1 Å². The minimum Gasteiger partial charge on any atom is -0.406 e. The van der Waals surface area contributed by atoms with Gasteiger partial charge in [-0.25, -0.2) is 18.4 Å². The summed E-state index contributed by atoms with van der Waals surface area (Å²) >= 11 is 1.44. The fourth-order valence-electron chi connectivity index (χ4n) is 4.00. The topological polar surface area (TPSA) is 136 Å². The fourth-order valence-corrected chi connectivity index (χ4v) is 6.35. The second-order valence-electron chi connectivity index (χ2n) is 9.61. The van der Waals surface area contributed by atoms with Gasteiger partial charge < -0.3 is 24.4 Å². The number of benzene rings is 2. The lowest BCUT2D eigenvalue weighted by Crippen LogP contribution is -2.48. The third kappa shape index (κ3) is 11.8. The summed E-state index contributed by atoms with van der Waals surface area (Å²) in [5, 5.41) is 3.13. The van der Waals surface area contributed by atoms with Crippen molar-refractivity contribution in [2.75, 3.05) is 45.3 Å². The summed E-state index contributed by atoms with van der Waals surface area (Å²) in [6, 6.07) is 9.45. The van der Waals surface area contributed by atoms with E-state index in [1.165, 1.54) is 39.9 Å². The highest BCUT2D eigenvalue weighted by Crippen LogP contribution is 2.30. The Balaban J connectivity index is 0.000000292. The smallest absolute Gasteiger partial charge is 0.406 e. The Labute approximate surface area is 275 Å². The number of fused-ring (bicyclic) bond motifs is 1. The van der Waals surface area contributed by atoms with Crippen molar-refractivity contribution in [2.45, 2.75) is 31.1 Å². The van der Waals surface area contributed by atoms with Gasteiger partial charge in [0.15, 0.2) is 10.8 Å². The van der Waals surface area contributed by atoms with Crippen LogP contribution in [0.15, 0.2) is 59.6 Å². The van der Waals surface area contributed by atoms with E-state index >= 15 is 0 Å². The number of aryl methyl sites for hydroxylation is 1. The van der Waals surface area contributed by atoms with Crippen molar-refractivity contribution in [3.8, 4) is 11.5 Å². The van der Waals surface area contributed by atoms with E-state index in [2.05, 4.69) is 34.5 Å². The molecular weight excluding hydrogens is 694 g/mol. The third-order valence-electron chi connectivity index (χ3n) is 6.01. The standard InChI is InChI=1S/C17H16F3N5O3S2.C9H8F3NO2.C2H6O/c1-11-21-10-14-15(22-11)23-16(29-14)24-6-8-25(9-7-24)30(26,27)13-4-2-12(3-5-13)28-17(18,19)20;10-9(11,12)15-8-3-1-7(2-4-8)5-13-6-14;1-3-2/h2-5,10H,6-9H2,1H3;1-4,6H,5H2,(H,13,14);1-2H3. The number of hydrogen-bond acceptors (Lipinski definition) is 11. The van der Waals surface area contributed by atoms with Crippen molar-refractivity contribution in [1.82, 2.24) is 24.6 Å². The molecule has 12 nitrogen and oxygen atoms in total. The molecule has 0 atom stereocenters. The first-order valence-electron chi connectivity index (χ1n) is 13.7. The van der Waals surface area contributed by atoms with Crippen LogP contribution >= 0.6 is 11.3 Å². The first-order chi connectivity index (χ1) is 22.5. The van der Waals surface area contributed by atoms with E-state index in [0.29, 0.717) is 36.5 Å². The Morgan fingerprint density at radius 1 is 0.875 bits per heavy atom. The van der Waals surface area contributed by atoms with Crippen LogP contribution in [-0.2, 0) is 26.1 Å². The Morgan fingerprint density at radius 3 is 1.90 bits per heavy atom. The van der Waals surface area contributed by atoms with Crippen LogP contribution in [0.5, 0.6) is 11.5 Å². The fraction of sp³-hybridized carbons (Fsp3) is 0.357. The molecule has 0 aliphatic carbocycles. The van der Waals surface area contributed by atoms with Crippen molar-refractivity contribution in [1.29, 1.82) is 0 Å². The Hall–Kier alpha value is -4.27. The summed E-state index contributed by atoms with van der Waals surface area (Å²) in [7, 11) is -0.578. The van der Waals surface area contributed by atoms with Gasteiger partial charge >= 0.3 is 12.7 Å². The van der Waals surface area contributed by atoms with Gasteiger partial charge in [0.05, 0.1) is 15.8 Å². The lowest BCUT2D eigenvalue weighted by atomic mass is 10.2. The number of methoxy groups -OCH3 is 1. The highest BCUT2D eigenvalue weighted by molar-refractivity contribution is 7.89. The van der Waals surface area contributed by atoms with E-state index in [0.717, 1.165) is 34.1 Å². The van der Waals surface area contributed by atoms with Crippen LogP contribution in [0.3, 0.4) is 0 Å². The van der Waals surface area contributed by atoms with Gasteiger partial charge in [0, 0.05) is 46.9 Å². The van der Waals surface area contributed by atoms with E-state index in [-0.39, 0.29) is 30.3 Å². The minimum absolute atomic E-state index is 0.0868. The molecule has 48 heavy (non-hydrogen) atoms. The summed E-state index contributed by atoms with van der Waals surface area (Å²) in [5.74, 6) is -0.125. The predicted molar refractivity (Wildman–Crippen MR) is 163 cm³/mol. The number of hydrogen-bond donors (Lipinski definition) is 1. The number of rotatable bonds is 8. The van der Waals surface area contributed by atoms with E-state index in [1.54, 1.807) is 27.3 Å². The maximum Gasteiger partial charge on any atom is 0.573 e. The summed E-state index contributed by atoms with van der Waals surface area (Å²) in [4.78, 5) is 24.8. The van der Waals surface area contributed by atoms with E-state index in [9.17, 15) is 39.6 Å². The van der Waals surface area contributed by atoms with Gasteiger partial charge in [-0.3, -0.25) is 4.79 Å². The number of nitrogens with zero attached hydrogens (tertiary/aromatic N) is 5. The number of aromatic nitrogens is 3. The van der Waals surface area contributed by atoms with Crippen LogP contribution < -0.4 is 19.7 Å². The maximum absolute atomic E-state index is 12.8. The van der Waals surface area contributed by atoms with E-state index in [4.69, 9.17) is 0 Å². The molecule has 1 amide bonds. The van der Waals surface area contributed by atoms with Gasteiger partial charge in [-0.15, -0.1) is 26.3 Å². The molecule has 3 heterocycles. The largest absolute Gasteiger partial charge is 0.573 e. The third-order valence-corrected chi connectivity index (χ3v) is 8.96. The van der Waals surface area contributed by atoms with Crippen molar-refractivity contribution in [2.24, 2.45) is 0 Å². The van der Waals surface area contributed by atoms with Gasteiger partial charge in [0.2, 0.25) is 16.4 Å². The van der Waals surface area contributed by atoms with E-state index < -0.39 is 28.5 Å². The van der Waals surface area contributed by atoms with Gasteiger partial charge in [-0.1, -0.05) is 23.5 Å². The number of thiazole rings is 1. The Kier molecular flexibility index (Phi) is 13.3. The van der Waals surface area contributed by atoms with Crippen LogP contribution in [0.4, 0.5) is 31.5 Å². The molecule has 0 radical (unpaired) electrons. The molecule has 5 rings (SSSR count). The van der Waals surface area contributed by atoms with Crippen molar-refractivity contribution >= 4 is 43.2 Å². The zero-order chi connectivity index (χ0) is 35.5. The second-order valence-corrected chi connectivity index (χ2v) is 12.6. The van der Waals surface area contributed by atoms with Gasteiger partial charge in [-0.2, -0.15) is 9.29 Å². The van der Waals surface area contributed by atoms with E-state index in [1.807, 2.05) is 4.90 Å². The van der Waals surface area contributed by atoms with Crippen LogP contribution in [-0.4, -0.2) is 87.2 Å². The van der Waals surface area contributed by atoms with Gasteiger partial charge in [0.25, 0.3) is 0 Å². The molecule has 0 saturated carbocycles. The average Bonchev–Trinajstić information content (AvgIpc) is 3.44. The molecule has 0 bridgehead atoms. The van der Waals surface area contributed by atoms with Gasteiger partial charge in [-0.05, 0) is 48.9 Å². The Bertz CT molecular complexity index is 1710. The molecule has 1 aliphatic rings. The number of nitrogens with one attached hydrogen (secondary N) is 1. The lowest BCUT2D eigenvalue weighted by Gasteiger charge is -2.33. The molecule has 2 aromatic carbocycles. The normalized spacial score (nSPS) is 13.9.